The van der Waals surface area contributed by atoms with Crippen molar-refractivity contribution in [3.8, 4) is 11.3 Å². The predicted molar refractivity (Wildman–Crippen MR) is 82.2 cm³/mol. The highest BCUT2D eigenvalue weighted by Gasteiger charge is 2.22. The standard InChI is InChI=1S/C14H14ClN3OS/c15-10-4-1-3-9(7-10)12-8-20-14(17-12)18-13(19)11-5-2-6-16-11/h1,3-4,7-8,11,16H,2,5-6H2,(H,17,18,19). The largest absolute Gasteiger partial charge is 0.306 e. The molecule has 6 heteroatoms. The van der Waals surface area contributed by atoms with Crippen LogP contribution in [0.4, 0.5) is 5.13 Å². The van der Waals surface area contributed by atoms with Crippen molar-refractivity contribution in [1.29, 1.82) is 0 Å². The fourth-order valence-electron chi connectivity index (χ4n) is 2.21. The molecule has 1 aromatic carbocycles. The molecular formula is C14H14ClN3OS. The fourth-order valence-corrected chi connectivity index (χ4v) is 3.13. The quantitative estimate of drug-likeness (QED) is 0.916. The van der Waals surface area contributed by atoms with Gasteiger partial charge in [0.05, 0.1) is 11.7 Å². The van der Waals surface area contributed by atoms with E-state index in [1.807, 2.05) is 29.6 Å². The summed E-state index contributed by atoms with van der Waals surface area (Å²) in [5.41, 5.74) is 1.78. The van der Waals surface area contributed by atoms with Crippen molar-refractivity contribution in [3.05, 3.63) is 34.7 Å². The number of hydrogen-bond donors (Lipinski definition) is 2. The van der Waals surface area contributed by atoms with E-state index in [0.29, 0.717) is 10.2 Å². The zero-order valence-electron chi connectivity index (χ0n) is 10.7. The van der Waals surface area contributed by atoms with Crippen LogP contribution in [-0.2, 0) is 4.79 Å². The minimum atomic E-state index is -0.0893. The van der Waals surface area contributed by atoms with Crippen LogP contribution in [0.15, 0.2) is 29.6 Å². The number of amides is 1. The van der Waals surface area contributed by atoms with Crippen molar-refractivity contribution >= 4 is 34.0 Å². The number of halogens is 1. The van der Waals surface area contributed by atoms with Crippen molar-refractivity contribution in [2.75, 3.05) is 11.9 Å². The molecule has 0 spiro atoms. The zero-order valence-corrected chi connectivity index (χ0v) is 12.3. The summed E-state index contributed by atoms with van der Waals surface area (Å²) in [5, 5.41) is 9.25. The summed E-state index contributed by atoms with van der Waals surface area (Å²) in [5.74, 6) is -0.00510. The Kier molecular flexibility index (Phi) is 4.00. The molecule has 20 heavy (non-hydrogen) atoms. The summed E-state index contributed by atoms with van der Waals surface area (Å²) >= 11 is 7.39. The third kappa shape index (κ3) is 3.00. The minimum Gasteiger partial charge on any atom is -0.306 e. The van der Waals surface area contributed by atoms with Gasteiger partial charge in [-0.1, -0.05) is 23.7 Å². The number of rotatable bonds is 3. The summed E-state index contributed by atoms with van der Waals surface area (Å²) in [6.45, 7) is 0.906. The Hall–Kier alpha value is -1.43. The van der Waals surface area contributed by atoms with Gasteiger partial charge in [-0.15, -0.1) is 11.3 Å². The summed E-state index contributed by atoms with van der Waals surface area (Å²) in [6.07, 6.45) is 1.93. The van der Waals surface area contributed by atoms with Gasteiger partial charge in [-0.25, -0.2) is 4.98 Å². The number of benzene rings is 1. The smallest absolute Gasteiger partial charge is 0.243 e. The summed E-state index contributed by atoms with van der Waals surface area (Å²) in [6, 6.07) is 7.43. The van der Waals surface area contributed by atoms with Crippen molar-refractivity contribution in [2.24, 2.45) is 0 Å². The Balaban J connectivity index is 1.72. The number of nitrogens with one attached hydrogen (secondary N) is 2. The van der Waals surface area contributed by atoms with Crippen molar-refractivity contribution in [3.63, 3.8) is 0 Å². The van der Waals surface area contributed by atoms with Gasteiger partial charge in [-0.3, -0.25) is 4.79 Å². The first-order chi connectivity index (χ1) is 9.72. The SMILES string of the molecule is O=C(Nc1nc(-c2cccc(Cl)c2)cs1)C1CCCN1. The molecular weight excluding hydrogens is 294 g/mol. The number of carbonyl (C=O) groups excluding carboxylic acids is 1. The number of thiazole rings is 1. The second kappa shape index (κ2) is 5.91. The lowest BCUT2D eigenvalue weighted by Gasteiger charge is -2.08. The Morgan fingerprint density at radius 1 is 1.50 bits per heavy atom. The van der Waals surface area contributed by atoms with Crippen molar-refractivity contribution in [1.82, 2.24) is 10.3 Å². The van der Waals surface area contributed by atoms with E-state index in [1.54, 1.807) is 0 Å². The van der Waals surface area contributed by atoms with Crippen molar-refractivity contribution in [2.45, 2.75) is 18.9 Å². The fraction of sp³-hybridized carbons (Fsp3) is 0.286. The lowest BCUT2D eigenvalue weighted by molar-refractivity contribution is -0.117. The molecule has 3 rings (SSSR count). The topological polar surface area (TPSA) is 54.0 Å². The molecule has 2 aromatic rings. The van der Waals surface area contributed by atoms with E-state index in [2.05, 4.69) is 15.6 Å². The maximum absolute atomic E-state index is 12.0. The van der Waals surface area contributed by atoms with E-state index < -0.39 is 0 Å². The highest BCUT2D eigenvalue weighted by Crippen LogP contribution is 2.26. The average molecular weight is 308 g/mol. The monoisotopic (exact) mass is 307 g/mol. The van der Waals surface area contributed by atoms with Gasteiger partial charge in [0.25, 0.3) is 0 Å². The van der Waals surface area contributed by atoms with Crippen LogP contribution in [0.3, 0.4) is 0 Å². The van der Waals surface area contributed by atoms with Gasteiger partial charge in [-0.05, 0) is 31.5 Å². The average Bonchev–Trinajstić information content (AvgIpc) is 3.10. The van der Waals surface area contributed by atoms with Crippen LogP contribution in [0.25, 0.3) is 11.3 Å². The Morgan fingerprint density at radius 2 is 2.40 bits per heavy atom. The molecule has 2 N–H and O–H groups in total. The summed E-state index contributed by atoms with van der Waals surface area (Å²) in [7, 11) is 0. The Labute approximate surface area is 126 Å². The molecule has 1 aliphatic heterocycles. The number of anilines is 1. The van der Waals surface area contributed by atoms with E-state index >= 15 is 0 Å². The Morgan fingerprint density at radius 3 is 3.15 bits per heavy atom. The number of carbonyl (C=O) groups is 1. The van der Waals surface area contributed by atoms with Crippen LogP contribution in [0.1, 0.15) is 12.8 Å². The van der Waals surface area contributed by atoms with Crippen LogP contribution in [0.5, 0.6) is 0 Å². The normalized spacial score (nSPS) is 18.1. The van der Waals surface area contributed by atoms with Gasteiger partial charge in [0.2, 0.25) is 5.91 Å². The maximum Gasteiger partial charge on any atom is 0.243 e. The first-order valence-corrected chi connectivity index (χ1v) is 7.74. The van der Waals surface area contributed by atoms with E-state index in [1.165, 1.54) is 11.3 Å². The predicted octanol–water partition coefficient (Wildman–Crippen LogP) is 3.15. The van der Waals surface area contributed by atoms with Crippen LogP contribution < -0.4 is 10.6 Å². The molecule has 0 bridgehead atoms. The first-order valence-electron chi connectivity index (χ1n) is 6.48. The van der Waals surface area contributed by atoms with Gasteiger partial charge >= 0.3 is 0 Å². The molecule has 1 aromatic heterocycles. The molecule has 1 amide bonds. The third-order valence-corrected chi connectivity index (χ3v) is 4.22. The van der Waals surface area contributed by atoms with Crippen molar-refractivity contribution < 1.29 is 4.79 Å². The number of nitrogens with zero attached hydrogens (tertiary/aromatic N) is 1. The number of aromatic nitrogens is 1. The lowest BCUT2D eigenvalue weighted by atomic mass is 10.2. The van der Waals surface area contributed by atoms with Crippen LogP contribution in [0, 0.1) is 0 Å². The number of hydrogen-bond acceptors (Lipinski definition) is 4. The molecule has 1 fully saturated rings. The van der Waals surface area contributed by atoms with Crippen LogP contribution in [0.2, 0.25) is 5.02 Å². The second-order valence-corrected chi connectivity index (χ2v) is 5.98. The molecule has 1 unspecified atom stereocenters. The zero-order chi connectivity index (χ0) is 13.9. The van der Waals surface area contributed by atoms with Crippen LogP contribution >= 0.6 is 22.9 Å². The third-order valence-electron chi connectivity index (χ3n) is 3.23. The van der Waals surface area contributed by atoms with Crippen LogP contribution in [-0.4, -0.2) is 23.5 Å². The van der Waals surface area contributed by atoms with E-state index in [-0.39, 0.29) is 11.9 Å². The first kappa shape index (κ1) is 13.5. The maximum atomic E-state index is 12.0. The molecule has 4 nitrogen and oxygen atoms in total. The molecule has 1 saturated heterocycles. The lowest BCUT2D eigenvalue weighted by Crippen LogP contribution is -2.35. The van der Waals surface area contributed by atoms with Gasteiger partial charge in [0.1, 0.15) is 0 Å². The Bertz CT molecular complexity index is 622. The van der Waals surface area contributed by atoms with Gasteiger partial charge in [-0.2, -0.15) is 0 Å². The minimum absolute atomic E-state index is 0.00510. The van der Waals surface area contributed by atoms with E-state index in [0.717, 1.165) is 30.6 Å². The summed E-state index contributed by atoms with van der Waals surface area (Å²) < 4.78 is 0. The highest BCUT2D eigenvalue weighted by molar-refractivity contribution is 7.14. The molecule has 2 heterocycles. The molecule has 1 atom stereocenters. The summed E-state index contributed by atoms with van der Waals surface area (Å²) in [4.78, 5) is 16.4. The molecule has 0 aliphatic carbocycles. The second-order valence-electron chi connectivity index (χ2n) is 4.69. The molecule has 0 radical (unpaired) electrons. The van der Waals surface area contributed by atoms with Gasteiger partial charge in [0.15, 0.2) is 5.13 Å². The molecule has 0 saturated carbocycles. The van der Waals surface area contributed by atoms with Gasteiger partial charge < -0.3 is 10.6 Å². The van der Waals surface area contributed by atoms with Gasteiger partial charge in [0, 0.05) is 16.0 Å². The molecule has 104 valence electrons. The highest BCUT2D eigenvalue weighted by atomic mass is 35.5. The van der Waals surface area contributed by atoms with E-state index in [9.17, 15) is 4.79 Å². The van der Waals surface area contributed by atoms with E-state index in [4.69, 9.17) is 11.6 Å². The molecule has 1 aliphatic rings.